The zero-order valence-electron chi connectivity index (χ0n) is 13.1. The van der Waals surface area contributed by atoms with Crippen LogP contribution in [0.4, 0.5) is 0 Å². The van der Waals surface area contributed by atoms with E-state index in [-0.39, 0.29) is 38.5 Å². The second-order valence-electron chi connectivity index (χ2n) is 5.48. The molecule has 0 heterocycles. The molecule has 111 valence electrons. The Labute approximate surface area is 162 Å². The van der Waals surface area contributed by atoms with E-state index in [1.165, 1.54) is 11.1 Å². The maximum atomic E-state index is 12.4. The largest absolute Gasteiger partial charge is 0.289 e. The number of hydrogen-bond acceptors (Lipinski definition) is 1. The Morgan fingerprint density at radius 1 is 0.783 bits per heavy atom. The van der Waals surface area contributed by atoms with Crippen molar-refractivity contribution in [3.05, 3.63) is 107 Å². The third-order valence-electron chi connectivity index (χ3n) is 3.73. The molecule has 23 heavy (non-hydrogen) atoms. The van der Waals surface area contributed by atoms with Crippen LogP contribution in [0.2, 0.25) is 0 Å². The number of carbonyl (C=O) groups is 1. The molecule has 0 amide bonds. The molecule has 0 aliphatic heterocycles. The fourth-order valence-corrected chi connectivity index (χ4v) is 2.42. The molecule has 0 spiro atoms. The topological polar surface area (TPSA) is 17.1 Å². The summed E-state index contributed by atoms with van der Waals surface area (Å²) < 4.78 is 0. The van der Waals surface area contributed by atoms with Crippen LogP contribution in [0, 0.1) is 13.0 Å². The predicted molar refractivity (Wildman–Crippen MR) is 89.1 cm³/mol. The van der Waals surface area contributed by atoms with E-state index in [2.05, 4.69) is 18.2 Å². The minimum atomic E-state index is 0. The second kappa shape index (κ2) is 8.33. The van der Waals surface area contributed by atoms with Crippen molar-refractivity contribution >= 4 is 5.78 Å². The number of benzene rings is 3. The quantitative estimate of drug-likeness (QED) is 0.481. The molecule has 3 aromatic rings. The summed E-state index contributed by atoms with van der Waals surface area (Å²) in [6, 6.07) is 26.5. The SMILES string of the molecule is Cc1ccc(C(=O)c2ccc(Cc3cc[c-]cc3)cc2)cc1.[Y]. The van der Waals surface area contributed by atoms with Gasteiger partial charge in [-0.1, -0.05) is 54.1 Å². The van der Waals surface area contributed by atoms with Gasteiger partial charge in [0.05, 0.1) is 0 Å². The standard InChI is InChI=1S/C21H17O.Y/c1-16-7-11-19(12-8-16)21(22)20-13-9-18(10-14-20)15-17-5-3-2-4-6-17;/h3-14H,15H2,1H3;/q-1;. The second-order valence-corrected chi connectivity index (χ2v) is 5.48. The molecule has 0 atom stereocenters. The van der Waals surface area contributed by atoms with E-state index in [4.69, 9.17) is 0 Å². The Kier molecular flexibility index (Phi) is 6.44. The maximum absolute atomic E-state index is 12.4. The van der Waals surface area contributed by atoms with E-state index < -0.39 is 0 Å². The van der Waals surface area contributed by atoms with Gasteiger partial charge in [0.1, 0.15) is 0 Å². The van der Waals surface area contributed by atoms with Gasteiger partial charge in [0.2, 0.25) is 0 Å². The molecule has 1 nitrogen and oxygen atoms in total. The number of rotatable bonds is 4. The van der Waals surface area contributed by atoms with Crippen LogP contribution >= 0.6 is 0 Å². The molecular formula is C21H17OY-. The molecule has 3 aromatic carbocycles. The number of ketones is 1. The zero-order chi connectivity index (χ0) is 15.4. The zero-order valence-corrected chi connectivity index (χ0v) is 16.0. The third kappa shape index (κ3) is 4.70. The Hall–Kier alpha value is -1.57. The molecule has 2 heteroatoms. The van der Waals surface area contributed by atoms with Crippen molar-refractivity contribution in [1.82, 2.24) is 0 Å². The van der Waals surface area contributed by atoms with Gasteiger partial charge in [-0.15, -0.1) is 0 Å². The number of carbonyl (C=O) groups excluding carboxylic acids is 1. The van der Waals surface area contributed by atoms with E-state index in [0.29, 0.717) is 0 Å². The first kappa shape index (κ1) is 17.8. The van der Waals surface area contributed by atoms with Crippen LogP contribution in [0.25, 0.3) is 0 Å². The molecule has 0 saturated carbocycles. The summed E-state index contributed by atoms with van der Waals surface area (Å²) in [5.74, 6) is 0.0702. The minimum absolute atomic E-state index is 0. The summed E-state index contributed by atoms with van der Waals surface area (Å²) >= 11 is 0. The summed E-state index contributed by atoms with van der Waals surface area (Å²) in [5, 5.41) is 0. The van der Waals surface area contributed by atoms with E-state index >= 15 is 0 Å². The van der Waals surface area contributed by atoms with Crippen molar-refractivity contribution < 1.29 is 37.5 Å². The molecule has 3 rings (SSSR count). The average Bonchev–Trinajstić information content (AvgIpc) is 2.57. The minimum Gasteiger partial charge on any atom is -0.289 e. The van der Waals surface area contributed by atoms with Crippen molar-refractivity contribution in [2.45, 2.75) is 13.3 Å². The molecule has 0 bridgehead atoms. The summed E-state index contributed by atoms with van der Waals surface area (Å²) in [7, 11) is 0. The number of aryl methyl sites for hydroxylation is 1. The Bertz CT molecular complexity index is 759. The van der Waals surface area contributed by atoms with Crippen molar-refractivity contribution in [3.8, 4) is 0 Å². The molecule has 0 aromatic heterocycles. The number of hydrogen-bond donors (Lipinski definition) is 0. The van der Waals surface area contributed by atoms with Gasteiger partial charge in [0.15, 0.2) is 5.78 Å². The van der Waals surface area contributed by atoms with Crippen molar-refractivity contribution in [3.63, 3.8) is 0 Å². The Balaban J connectivity index is 0.00000192. The van der Waals surface area contributed by atoms with Gasteiger partial charge in [-0.25, -0.2) is 0 Å². The summed E-state index contributed by atoms with van der Waals surface area (Å²) in [5.41, 5.74) is 5.07. The van der Waals surface area contributed by atoms with Crippen LogP contribution in [0.5, 0.6) is 0 Å². The first-order chi connectivity index (χ1) is 10.7. The van der Waals surface area contributed by atoms with Crippen LogP contribution in [0.1, 0.15) is 32.6 Å². The molecule has 0 saturated heterocycles. The summed E-state index contributed by atoms with van der Waals surface area (Å²) in [6.07, 6.45) is 0.869. The molecule has 0 fully saturated rings. The average molecular weight is 374 g/mol. The first-order valence-corrected chi connectivity index (χ1v) is 7.38. The fraction of sp³-hybridized carbons (Fsp3) is 0.0952. The van der Waals surface area contributed by atoms with E-state index in [1.807, 2.05) is 67.6 Å². The van der Waals surface area contributed by atoms with Gasteiger partial charge in [-0.2, -0.15) is 35.9 Å². The molecule has 0 unspecified atom stereocenters. The smallest absolute Gasteiger partial charge is 0.193 e. The maximum Gasteiger partial charge on any atom is 0.193 e. The van der Waals surface area contributed by atoms with E-state index in [9.17, 15) is 4.79 Å². The van der Waals surface area contributed by atoms with Crippen LogP contribution < -0.4 is 0 Å². The summed E-state index contributed by atoms with van der Waals surface area (Å²) in [4.78, 5) is 12.4. The molecular weight excluding hydrogens is 357 g/mol. The van der Waals surface area contributed by atoms with E-state index in [0.717, 1.165) is 23.1 Å². The normalized spacial score (nSPS) is 9.96. The van der Waals surface area contributed by atoms with Crippen LogP contribution in [-0.2, 0) is 39.1 Å². The molecule has 0 N–H and O–H groups in total. The van der Waals surface area contributed by atoms with Gasteiger partial charge in [-0.3, -0.25) is 4.79 Å². The summed E-state index contributed by atoms with van der Waals surface area (Å²) in [6.45, 7) is 2.02. The fourth-order valence-electron chi connectivity index (χ4n) is 2.42. The van der Waals surface area contributed by atoms with Gasteiger partial charge < -0.3 is 0 Å². The first-order valence-electron chi connectivity index (χ1n) is 7.38. The monoisotopic (exact) mass is 374 g/mol. The van der Waals surface area contributed by atoms with Crippen LogP contribution in [-0.4, -0.2) is 5.78 Å². The molecule has 1 radical (unpaired) electrons. The predicted octanol–water partition coefficient (Wildman–Crippen LogP) is 4.61. The molecule has 0 aliphatic carbocycles. The van der Waals surface area contributed by atoms with Crippen molar-refractivity contribution in [1.29, 1.82) is 0 Å². The third-order valence-corrected chi connectivity index (χ3v) is 3.73. The Morgan fingerprint density at radius 2 is 1.26 bits per heavy atom. The van der Waals surface area contributed by atoms with Gasteiger partial charge in [0.25, 0.3) is 0 Å². The molecule has 0 aliphatic rings. The van der Waals surface area contributed by atoms with E-state index in [1.54, 1.807) is 0 Å². The van der Waals surface area contributed by atoms with Crippen LogP contribution in [0.15, 0.2) is 72.8 Å². The van der Waals surface area contributed by atoms with Crippen LogP contribution in [0.3, 0.4) is 0 Å². The van der Waals surface area contributed by atoms with Gasteiger partial charge in [0, 0.05) is 43.8 Å². The van der Waals surface area contributed by atoms with Crippen molar-refractivity contribution in [2.24, 2.45) is 0 Å². The van der Waals surface area contributed by atoms with Crippen molar-refractivity contribution in [2.75, 3.05) is 0 Å². The van der Waals surface area contributed by atoms with Gasteiger partial charge >= 0.3 is 0 Å². The van der Waals surface area contributed by atoms with Gasteiger partial charge in [-0.05, 0) is 18.9 Å². The Morgan fingerprint density at radius 3 is 1.83 bits per heavy atom.